The van der Waals surface area contributed by atoms with E-state index in [1.165, 1.54) is 19.3 Å². The quantitative estimate of drug-likeness (QED) is 0.669. The van der Waals surface area contributed by atoms with Gasteiger partial charge in [0.15, 0.2) is 0 Å². The van der Waals surface area contributed by atoms with Crippen molar-refractivity contribution in [3.63, 3.8) is 0 Å². The number of hydrogen-bond donors (Lipinski definition) is 0. The lowest BCUT2D eigenvalue weighted by Gasteiger charge is -2.31. The first-order valence-electron chi connectivity index (χ1n) is 6.10. The smallest absolute Gasteiger partial charge is 0.109 e. The van der Waals surface area contributed by atoms with Crippen molar-refractivity contribution in [3.8, 4) is 0 Å². The summed E-state index contributed by atoms with van der Waals surface area (Å²) in [6.45, 7) is 5.22. The standard InChI is InChI=1S/C14H15ClN2/c1-10-14-11(15)6-5-7-12(14)16-13-8-3-2-4-9-17(10)13/h5-7H,1-4,8-9H2. The van der Waals surface area contributed by atoms with E-state index in [0.717, 1.165) is 40.8 Å². The van der Waals surface area contributed by atoms with E-state index >= 15 is 0 Å². The maximum Gasteiger partial charge on any atom is 0.109 e. The van der Waals surface area contributed by atoms with Crippen LogP contribution in [0.1, 0.15) is 31.2 Å². The Morgan fingerprint density at radius 2 is 2.12 bits per heavy atom. The van der Waals surface area contributed by atoms with Crippen LogP contribution in [0.25, 0.3) is 5.70 Å². The van der Waals surface area contributed by atoms with Crippen molar-refractivity contribution in [1.82, 2.24) is 4.90 Å². The number of amidine groups is 1. The topological polar surface area (TPSA) is 15.6 Å². The van der Waals surface area contributed by atoms with Gasteiger partial charge in [-0.3, -0.25) is 0 Å². The van der Waals surface area contributed by atoms with Crippen LogP contribution in [-0.2, 0) is 0 Å². The summed E-state index contributed by atoms with van der Waals surface area (Å²) in [4.78, 5) is 6.97. The van der Waals surface area contributed by atoms with Crippen LogP contribution in [0.5, 0.6) is 0 Å². The van der Waals surface area contributed by atoms with Gasteiger partial charge in [0.25, 0.3) is 0 Å². The predicted molar refractivity (Wildman–Crippen MR) is 72.8 cm³/mol. The summed E-state index contributed by atoms with van der Waals surface area (Å²) in [5, 5.41) is 0.750. The molecule has 88 valence electrons. The van der Waals surface area contributed by atoms with E-state index in [2.05, 4.69) is 11.5 Å². The monoisotopic (exact) mass is 246 g/mol. The molecule has 0 amide bonds. The molecule has 17 heavy (non-hydrogen) atoms. The van der Waals surface area contributed by atoms with Gasteiger partial charge in [-0.2, -0.15) is 0 Å². The van der Waals surface area contributed by atoms with Crippen molar-refractivity contribution in [1.29, 1.82) is 0 Å². The SMILES string of the molecule is C=C1c2c(Cl)cccc2N=C2CCCCCN12. The molecule has 1 aromatic rings. The number of nitrogens with zero attached hydrogens (tertiary/aromatic N) is 2. The Kier molecular flexibility index (Phi) is 2.67. The number of fused-ring (bicyclic) bond motifs is 2. The van der Waals surface area contributed by atoms with Gasteiger partial charge < -0.3 is 4.90 Å². The first-order valence-corrected chi connectivity index (χ1v) is 6.48. The summed E-state index contributed by atoms with van der Waals surface area (Å²) < 4.78 is 0. The van der Waals surface area contributed by atoms with Crippen LogP contribution in [0.2, 0.25) is 5.02 Å². The second kappa shape index (κ2) is 4.19. The van der Waals surface area contributed by atoms with Crippen LogP contribution in [-0.4, -0.2) is 17.3 Å². The maximum atomic E-state index is 6.25. The zero-order valence-electron chi connectivity index (χ0n) is 9.75. The molecule has 2 aliphatic heterocycles. The number of rotatable bonds is 0. The lowest BCUT2D eigenvalue weighted by molar-refractivity contribution is 0.557. The van der Waals surface area contributed by atoms with Gasteiger partial charge in [0.2, 0.25) is 0 Å². The zero-order chi connectivity index (χ0) is 11.8. The van der Waals surface area contributed by atoms with Gasteiger partial charge in [-0.15, -0.1) is 0 Å². The highest BCUT2D eigenvalue weighted by atomic mass is 35.5. The summed E-state index contributed by atoms with van der Waals surface area (Å²) in [5.41, 5.74) is 2.98. The van der Waals surface area contributed by atoms with Crippen LogP contribution in [0.4, 0.5) is 5.69 Å². The molecule has 0 radical (unpaired) electrons. The molecule has 0 unspecified atom stereocenters. The predicted octanol–water partition coefficient (Wildman–Crippen LogP) is 4.23. The van der Waals surface area contributed by atoms with E-state index in [1.54, 1.807) is 0 Å². The Morgan fingerprint density at radius 3 is 3.00 bits per heavy atom. The van der Waals surface area contributed by atoms with Gasteiger partial charge in [0.05, 0.1) is 10.7 Å². The van der Waals surface area contributed by atoms with Crippen LogP contribution >= 0.6 is 11.6 Å². The fourth-order valence-corrected chi connectivity index (χ4v) is 2.85. The third-order valence-corrected chi connectivity index (χ3v) is 3.76. The van der Waals surface area contributed by atoms with Gasteiger partial charge >= 0.3 is 0 Å². The van der Waals surface area contributed by atoms with Gasteiger partial charge in [-0.25, -0.2) is 4.99 Å². The lowest BCUT2D eigenvalue weighted by Crippen LogP contribution is -2.30. The minimum Gasteiger partial charge on any atom is -0.330 e. The van der Waals surface area contributed by atoms with Crippen LogP contribution in [0.3, 0.4) is 0 Å². The highest BCUT2D eigenvalue weighted by Crippen LogP contribution is 2.39. The van der Waals surface area contributed by atoms with Crippen molar-refractivity contribution in [3.05, 3.63) is 35.4 Å². The first-order chi connectivity index (χ1) is 8.27. The molecule has 0 N–H and O–H groups in total. The van der Waals surface area contributed by atoms with E-state index < -0.39 is 0 Å². The van der Waals surface area contributed by atoms with Gasteiger partial charge in [0.1, 0.15) is 5.84 Å². The zero-order valence-corrected chi connectivity index (χ0v) is 10.5. The Labute approximate surface area is 107 Å². The van der Waals surface area contributed by atoms with E-state index in [1.807, 2.05) is 18.2 Å². The molecule has 0 bridgehead atoms. The molecule has 0 saturated carbocycles. The fraction of sp³-hybridized carbons (Fsp3) is 0.357. The molecule has 3 rings (SSSR count). The molecule has 1 saturated heterocycles. The number of aliphatic imine (C=N–C) groups is 1. The lowest BCUT2D eigenvalue weighted by atomic mass is 10.1. The average molecular weight is 247 g/mol. The van der Waals surface area contributed by atoms with Gasteiger partial charge in [-0.05, 0) is 25.0 Å². The van der Waals surface area contributed by atoms with Gasteiger partial charge in [-0.1, -0.05) is 30.7 Å². The molecule has 0 aliphatic carbocycles. The summed E-state index contributed by atoms with van der Waals surface area (Å²) in [6, 6.07) is 5.87. The van der Waals surface area contributed by atoms with Crippen molar-refractivity contribution >= 4 is 28.8 Å². The van der Waals surface area contributed by atoms with Crippen molar-refractivity contribution in [2.75, 3.05) is 6.54 Å². The third kappa shape index (κ3) is 1.77. The second-order valence-electron chi connectivity index (χ2n) is 4.57. The molecule has 1 aromatic carbocycles. The Hall–Kier alpha value is -1.28. The second-order valence-corrected chi connectivity index (χ2v) is 4.98. The minimum atomic E-state index is 0.750. The molecule has 0 atom stereocenters. The maximum absolute atomic E-state index is 6.25. The molecule has 1 fully saturated rings. The average Bonchev–Trinajstić information content (AvgIpc) is 2.54. The molecular formula is C14H15ClN2. The minimum absolute atomic E-state index is 0.750. The third-order valence-electron chi connectivity index (χ3n) is 3.45. The van der Waals surface area contributed by atoms with E-state index in [4.69, 9.17) is 16.6 Å². The fourth-order valence-electron chi connectivity index (χ4n) is 2.57. The highest BCUT2D eigenvalue weighted by Gasteiger charge is 2.25. The molecule has 2 heterocycles. The van der Waals surface area contributed by atoms with E-state index in [0.29, 0.717) is 0 Å². The van der Waals surface area contributed by atoms with E-state index in [9.17, 15) is 0 Å². The van der Waals surface area contributed by atoms with Gasteiger partial charge in [0, 0.05) is 24.2 Å². The van der Waals surface area contributed by atoms with Crippen LogP contribution < -0.4 is 0 Å². The number of benzene rings is 1. The van der Waals surface area contributed by atoms with Crippen molar-refractivity contribution < 1.29 is 0 Å². The Balaban J connectivity index is 2.13. The first kappa shape index (κ1) is 10.8. The molecule has 0 spiro atoms. The molecule has 2 aliphatic rings. The Morgan fingerprint density at radius 1 is 1.24 bits per heavy atom. The summed E-state index contributed by atoms with van der Waals surface area (Å²) in [7, 11) is 0. The van der Waals surface area contributed by atoms with Crippen LogP contribution in [0, 0.1) is 0 Å². The summed E-state index contributed by atoms with van der Waals surface area (Å²) >= 11 is 6.25. The molecule has 2 nitrogen and oxygen atoms in total. The van der Waals surface area contributed by atoms with Crippen LogP contribution in [0.15, 0.2) is 29.8 Å². The highest BCUT2D eigenvalue weighted by molar-refractivity contribution is 6.33. The number of hydrogen-bond acceptors (Lipinski definition) is 2. The summed E-state index contributed by atoms with van der Waals surface area (Å²) in [6.07, 6.45) is 4.74. The van der Waals surface area contributed by atoms with Crippen molar-refractivity contribution in [2.24, 2.45) is 4.99 Å². The summed E-state index contributed by atoms with van der Waals surface area (Å²) in [5.74, 6) is 1.15. The molecule has 3 heteroatoms. The molecular weight excluding hydrogens is 232 g/mol. The number of halogens is 1. The van der Waals surface area contributed by atoms with Crippen molar-refractivity contribution in [2.45, 2.75) is 25.7 Å². The Bertz CT molecular complexity index is 505. The largest absolute Gasteiger partial charge is 0.330 e. The molecule has 0 aromatic heterocycles. The normalized spacial score (nSPS) is 19.2. The van der Waals surface area contributed by atoms with E-state index in [-0.39, 0.29) is 0 Å².